The predicted molar refractivity (Wildman–Crippen MR) is 70.6 cm³/mol. The number of halogens is 4. The van der Waals surface area contributed by atoms with Gasteiger partial charge in [-0.25, -0.2) is 0 Å². The van der Waals surface area contributed by atoms with Crippen LogP contribution in [0.25, 0.3) is 0 Å². The summed E-state index contributed by atoms with van der Waals surface area (Å²) in [6, 6.07) is 5.17. The molecule has 1 aromatic rings. The summed E-state index contributed by atoms with van der Waals surface area (Å²) >= 11 is 6.12. The molecule has 0 heterocycles. The van der Waals surface area contributed by atoms with Gasteiger partial charge >= 0.3 is 6.18 Å². The Morgan fingerprint density at radius 2 is 2.05 bits per heavy atom. The number of hydrogen-bond acceptors (Lipinski definition) is 2. The molecule has 19 heavy (non-hydrogen) atoms. The van der Waals surface area contributed by atoms with Crippen molar-refractivity contribution in [2.24, 2.45) is 0 Å². The molecule has 0 saturated heterocycles. The fourth-order valence-electron chi connectivity index (χ4n) is 2.18. The zero-order chi connectivity index (χ0) is 14.0. The fraction of sp³-hybridized carbons (Fsp3) is 0.538. The van der Waals surface area contributed by atoms with E-state index < -0.39 is 12.7 Å². The lowest BCUT2D eigenvalue weighted by molar-refractivity contribution is -0.120. The molecule has 0 atom stereocenters. The maximum absolute atomic E-state index is 12.7. The van der Waals surface area contributed by atoms with Gasteiger partial charge in [-0.05, 0) is 31.5 Å². The van der Waals surface area contributed by atoms with Gasteiger partial charge in [0.15, 0.2) is 0 Å². The van der Waals surface area contributed by atoms with Crippen LogP contribution in [-0.2, 0) is 6.54 Å². The molecule has 6 heteroatoms. The molecule has 2 nitrogen and oxygen atoms in total. The zero-order valence-corrected chi connectivity index (χ0v) is 11.4. The normalized spacial score (nSPS) is 15.6. The molecule has 2 rings (SSSR count). The minimum atomic E-state index is -4.22. The van der Waals surface area contributed by atoms with E-state index in [1.807, 2.05) is 6.07 Å². The SMILES string of the molecule is CNCc1cccc(Cl)c1N(CC(F)(F)F)C1CC1. The first kappa shape index (κ1) is 14.5. The molecule has 106 valence electrons. The monoisotopic (exact) mass is 292 g/mol. The summed E-state index contributed by atoms with van der Waals surface area (Å²) in [5.74, 6) is 0. The van der Waals surface area contributed by atoms with Crippen molar-refractivity contribution >= 4 is 17.3 Å². The molecule has 0 spiro atoms. The average molecular weight is 293 g/mol. The quantitative estimate of drug-likeness (QED) is 0.892. The lowest BCUT2D eigenvalue weighted by Crippen LogP contribution is -2.37. The number of anilines is 1. The zero-order valence-electron chi connectivity index (χ0n) is 10.6. The molecule has 1 aromatic carbocycles. The number of nitrogens with zero attached hydrogens (tertiary/aromatic N) is 1. The lowest BCUT2D eigenvalue weighted by Gasteiger charge is -2.29. The molecule has 1 aliphatic carbocycles. The van der Waals surface area contributed by atoms with Crippen molar-refractivity contribution in [2.75, 3.05) is 18.5 Å². The van der Waals surface area contributed by atoms with Gasteiger partial charge in [-0.15, -0.1) is 0 Å². The smallest absolute Gasteiger partial charge is 0.358 e. The van der Waals surface area contributed by atoms with Gasteiger partial charge in [-0.1, -0.05) is 23.7 Å². The van der Waals surface area contributed by atoms with Crippen molar-refractivity contribution in [1.29, 1.82) is 0 Å². The highest BCUT2D eigenvalue weighted by Crippen LogP contribution is 2.39. The molecule has 0 amide bonds. The molecule has 1 saturated carbocycles. The maximum Gasteiger partial charge on any atom is 0.405 e. The van der Waals surface area contributed by atoms with Crippen molar-refractivity contribution in [2.45, 2.75) is 31.6 Å². The van der Waals surface area contributed by atoms with Crippen molar-refractivity contribution in [3.05, 3.63) is 28.8 Å². The van der Waals surface area contributed by atoms with Gasteiger partial charge < -0.3 is 10.2 Å². The van der Waals surface area contributed by atoms with E-state index in [1.54, 1.807) is 19.2 Å². The van der Waals surface area contributed by atoms with E-state index in [9.17, 15) is 13.2 Å². The summed E-state index contributed by atoms with van der Waals surface area (Å²) in [6.07, 6.45) is -2.64. The number of benzene rings is 1. The van der Waals surface area contributed by atoms with Crippen LogP contribution in [0.3, 0.4) is 0 Å². The first-order valence-corrected chi connectivity index (χ1v) is 6.55. The third-order valence-corrected chi connectivity index (χ3v) is 3.37. The summed E-state index contributed by atoms with van der Waals surface area (Å²) in [5.41, 5.74) is 1.31. The molecular weight excluding hydrogens is 277 g/mol. The van der Waals surface area contributed by atoms with E-state index in [1.165, 1.54) is 4.90 Å². The highest BCUT2D eigenvalue weighted by molar-refractivity contribution is 6.33. The second kappa shape index (κ2) is 5.59. The van der Waals surface area contributed by atoms with Gasteiger partial charge in [-0.3, -0.25) is 0 Å². The second-order valence-electron chi connectivity index (χ2n) is 4.75. The van der Waals surface area contributed by atoms with E-state index in [0.717, 1.165) is 18.4 Å². The molecule has 0 radical (unpaired) electrons. The van der Waals surface area contributed by atoms with E-state index in [2.05, 4.69) is 5.32 Å². The Labute approximate surface area is 115 Å². The van der Waals surface area contributed by atoms with Crippen LogP contribution in [0.1, 0.15) is 18.4 Å². The van der Waals surface area contributed by atoms with Crippen LogP contribution in [0.4, 0.5) is 18.9 Å². The van der Waals surface area contributed by atoms with Crippen LogP contribution in [0.2, 0.25) is 5.02 Å². The van der Waals surface area contributed by atoms with Gasteiger partial charge in [-0.2, -0.15) is 13.2 Å². The van der Waals surface area contributed by atoms with Crippen molar-refractivity contribution < 1.29 is 13.2 Å². The summed E-state index contributed by atoms with van der Waals surface area (Å²) in [7, 11) is 1.76. The molecule has 1 N–H and O–H groups in total. The maximum atomic E-state index is 12.7. The molecular formula is C13H16ClF3N2. The average Bonchev–Trinajstić information content (AvgIpc) is 3.10. The number of alkyl halides is 3. The van der Waals surface area contributed by atoms with Crippen LogP contribution in [0, 0.1) is 0 Å². The number of hydrogen-bond donors (Lipinski definition) is 1. The topological polar surface area (TPSA) is 15.3 Å². The van der Waals surface area contributed by atoms with Crippen LogP contribution in [0.5, 0.6) is 0 Å². The molecule has 0 unspecified atom stereocenters. The van der Waals surface area contributed by atoms with E-state index >= 15 is 0 Å². The predicted octanol–water partition coefficient (Wildman–Crippen LogP) is 3.59. The summed E-state index contributed by atoms with van der Waals surface area (Å²) in [6.45, 7) is -0.449. The summed E-state index contributed by atoms with van der Waals surface area (Å²) in [4.78, 5) is 1.40. The molecule has 0 aliphatic heterocycles. The number of rotatable bonds is 5. The molecule has 1 fully saturated rings. The van der Waals surface area contributed by atoms with Crippen LogP contribution >= 0.6 is 11.6 Å². The first-order chi connectivity index (χ1) is 8.92. The van der Waals surface area contributed by atoms with E-state index in [0.29, 0.717) is 17.3 Å². The molecule has 0 aromatic heterocycles. The van der Waals surface area contributed by atoms with Crippen molar-refractivity contribution in [1.82, 2.24) is 5.32 Å². The second-order valence-corrected chi connectivity index (χ2v) is 5.16. The Bertz CT molecular complexity index is 444. The van der Waals surface area contributed by atoms with Gasteiger partial charge in [0.2, 0.25) is 0 Å². The molecule has 1 aliphatic rings. The van der Waals surface area contributed by atoms with Crippen molar-refractivity contribution in [3.63, 3.8) is 0 Å². The van der Waals surface area contributed by atoms with Gasteiger partial charge in [0.1, 0.15) is 6.54 Å². The summed E-state index contributed by atoms with van der Waals surface area (Å²) < 4.78 is 38.2. The van der Waals surface area contributed by atoms with Crippen LogP contribution < -0.4 is 10.2 Å². The highest BCUT2D eigenvalue weighted by Gasteiger charge is 2.39. The summed E-state index contributed by atoms with van der Waals surface area (Å²) in [5, 5.41) is 3.34. The first-order valence-electron chi connectivity index (χ1n) is 6.18. The molecule has 0 bridgehead atoms. The minimum Gasteiger partial charge on any atom is -0.358 e. The number of nitrogens with one attached hydrogen (secondary N) is 1. The Morgan fingerprint density at radius 1 is 1.37 bits per heavy atom. The Kier molecular flexibility index (Phi) is 4.26. The van der Waals surface area contributed by atoms with Crippen LogP contribution in [-0.4, -0.2) is 25.8 Å². The largest absolute Gasteiger partial charge is 0.405 e. The van der Waals surface area contributed by atoms with Crippen LogP contribution in [0.15, 0.2) is 18.2 Å². The lowest BCUT2D eigenvalue weighted by atomic mass is 10.1. The Hall–Kier alpha value is -0.940. The third-order valence-electron chi connectivity index (χ3n) is 3.06. The third kappa shape index (κ3) is 3.76. The van der Waals surface area contributed by atoms with Crippen molar-refractivity contribution in [3.8, 4) is 0 Å². The number of para-hydroxylation sites is 1. The van der Waals surface area contributed by atoms with E-state index in [4.69, 9.17) is 11.6 Å². The fourth-order valence-corrected chi connectivity index (χ4v) is 2.49. The highest BCUT2D eigenvalue weighted by atomic mass is 35.5. The standard InChI is InChI=1S/C13H16ClF3N2/c1-18-7-9-3-2-4-11(14)12(9)19(10-5-6-10)8-13(15,16)17/h2-4,10,18H,5-8H2,1H3. The minimum absolute atomic E-state index is 0.0443. The Balaban J connectivity index is 2.35. The van der Waals surface area contributed by atoms with Gasteiger partial charge in [0.05, 0.1) is 10.7 Å². The van der Waals surface area contributed by atoms with Gasteiger partial charge in [0, 0.05) is 12.6 Å². The van der Waals surface area contributed by atoms with Gasteiger partial charge in [0.25, 0.3) is 0 Å². The Morgan fingerprint density at radius 3 is 2.58 bits per heavy atom. The van der Waals surface area contributed by atoms with E-state index in [-0.39, 0.29) is 6.04 Å².